The minimum absolute atomic E-state index is 0.327. The summed E-state index contributed by atoms with van der Waals surface area (Å²) in [4.78, 5) is 0. The predicted octanol–water partition coefficient (Wildman–Crippen LogP) is 6.22. The van der Waals surface area contributed by atoms with Crippen molar-refractivity contribution in [3.05, 3.63) is 92.9 Å². The summed E-state index contributed by atoms with van der Waals surface area (Å²) < 4.78 is 2.02. The van der Waals surface area contributed by atoms with Crippen LogP contribution in [0.25, 0.3) is 21.5 Å². The van der Waals surface area contributed by atoms with Gasteiger partial charge in [-0.15, -0.1) is 0 Å². The van der Waals surface area contributed by atoms with Gasteiger partial charge < -0.3 is 11.5 Å². The van der Waals surface area contributed by atoms with E-state index in [2.05, 4.69) is 80.4 Å². The van der Waals surface area contributed by atoms with E-state index in [1.807, 2.05) is 24.3 Å². The third-order valence-electron chi connectivity index (χ3n) is 4.89. The van der Waals surface area contributed by atoms with E-state index in [4.69, 9.17) is 11.5 Å². The van der Waals surface area contributed by atoms with Gasteiger partial charge in [-0.3, -0.25) is 0 Å². The van der Waals surface area contributed by atoms with Gasteiger partial charge in [-0.25, -0.2) is 0 Å². The maximum Gasteiger partial charge on any atom is 0.0503 e. The van der Waals surface area contributed by atoms with Crippen LogP contribution in [0.1, 0.15) is 23.2 Å². The van der Waals surface area contributed by atoms with Crippen LogP contribution in [0.3, 0.4) is 0 Å². The molecule has 0 fully saturated rings. The van der Waals surface area contributed by atoms with Crippen molar-refractivity contribution in [2.45, 2.75) is 12.1 Å². The van der Waals surface area contributed by atoms with Crippen molar-refractivity contribution in [1.29, 1.82) is 0 Å². The van der Waals surface area contributed by atoms with Gasteiger partial charge in [0.2, 0.25) is 0 Å². The number of rotatable bonds is 3. The molecule has 4 N–H and O–H groups in total. The fraction of sp³-hybridized carbons (Fsp3) is 0.0909. The molecule has 4 aromatic rings. The van der Waals surface area contributed by atoms with Crippen LogP contribution in [-0.2, 0) is 0 Å². The Hall–Kier alpha value is -1.72. The zero-order chi connectivity index (χ0) is 18.3. The van der Waals surface area contributed by atoms with E-state index >= 15 is 0 Å². The number of nitrogens with two attached hydrogens (primary N) is 2. The Morgan fingerprint density at radius 1 is 0.538 bits per heavy atom. The van der Waals surface area contributed by atoms with Crippen molar-refractivity contribution in [3.8, 4) is 0 Å². The smallest absolute Gasteiger partial charge is 0.0503 e. The van der Waals surface area contributed by atoms with E-state index in [0.29, 0.717) is 0 Å². The summed E-state index contributed by atoms with van der Waals surface area (Å²) in [6, 6.07) is 24.2. The van der Waals surface area contributed by atoms with Crippen LogP contribution >= 0.6 is 31.9 Å². The SMILES string of the molecule is NC(c1ccc2ccccc2c1Br)C(N)c1ccc2ccccc2c1Br. The summed E-state index contributed by atoms with van der Waals surface area (Å²) in [7, 11) is 0. The number of hydrogen-bond donors (Lipinski definition) is 2. The van der Waals surface area contributed by atoms with Crippen molar-refractivity contribution >= 4 is 53.4 Å². The number of fused-ring (bicyclic) bond motifs is 2. The van der Waals surface area contributed by atoms with Gasteiger partial charge in [-0.2, -0.15) is 0 Å². The largest absolute Gasteiger partial charge is 0.322 e. The second kappa shape index (κ2) is 7.12. The first-order valence-corrected chi connectivity index (χ1v) is 10.0. The zero-order valence-electron chi connectivity index (χ0n) is 14.0. The van der Waals surface area contributed by atoms with Gasteiger partial charge >= 0.3 is 0 Å². The van der Waals surface area contributed by atoms with Gasteiger partial charge in [0, 0.05) is 8.95 Å². The standard InChI is InChI=1S/C22H18Br2N2/c23-19-15-7-3-1-5-13(15)9-11-17(19)21(25)22(26)18-12-10-14-6-2-4-8-16(14)20(18)24/h1-12,21-22H,25-26H2. The van der Waals surface area contributed by atoms with E-state index in [1.165, 1.54) is 10.8 Å². The molecule has 0 aliphatic carbocycles. The van der Waals surface area contributed by atoms with E-state index in [1.54, 1.807) is 0 Å². The highest BCUT2D eigenvalue weighted by atomic mass is 79.9. The molecule has 0 heterocycles. The highest BCUT2D eigenvalue weighted by Gasteiger charge is 2.23. The third kappa shape index (κ3) is 2.97. The molecule has 0 aromatic heterocycles. The molecule has 4 heteroatoms. The summed E-state index contributed by atoms with van der Waals surface area (Å²) in [6.07, 6.45) is 0. The van der Waals surface area contributed by atoms with Crippen molar-refractivity contribution in [1.82, 2.24) is 0 Å². The first kappa shape index (κ1) is 17.7. The molecular formula is C22H18Br2N2. The minimum Gasteiger partial charge on any atom is -0.322 e. The van der Waals surface area contributed by atoms with E-state index < -0.39 is 0 Å². The molecule has 4 aromatic carbocycles. The zero-order valence-corrected chi connectivity index (χ0v) is 17.2. The number of halogens is 2. The average Bonchev–Trinajstić information content (AvgIpc) is 2.68. The third-order valence-corrected chi connectivity index (χ3v) is 6.66. The Kier molecular flexibility index (Phi) is 4.84. The van der Waals surface area contributed by atoms with Crippen LogP contribution < -0.4 is 11.5 Å². The first-order chi connectivity index (χ1) is 12.6. The van der Waals surface area contributed by atoms with Crippen LogP contribution in [0.5, 0.6) is 0 Å². The lowest BCUT2D eigenvalue weighted by Crippen LogP contribution is -2.27. The van der Waals surface area contributed by atoms with Crippen LogP contribution in [0.4, 0.5) is 0 Å². The molecule has 2 atom stereocenters. The summed E-state index contributed by atoms with van der Waals surface area (Å²) >= 11 is 7.47. The lowest BCUT2D eigenvalue weighted by Gasteiger charge is -2.24. The van der Waals surface area contributed by atoms with Gasteiger partial charge in [0.15, 0.2) is 0 Å². The Morgan fingerprint density at radius 3 is 1.35 bits per heavy atom. The van der Waals surface area contributed by atoms with Crippen LogP contribution in [0, 0.1) is 0 Å². The average molecular weight is 470 g/mol. The topological polar surface area (TPSA) is 52.0 Å². The maximum absolute atomic E-state index is 6.60. The highest BCUT2D eigenvalue weighted by Crippen LogP contribution is 2.38. The molecule has 0 aliphatic heterocycles. The monoisotopic (exact) mass is 468 g/mol. The van der Waals surface area contributed by atoms with Gasteiger partial charge in [0.1, 0.15) is 0 Å². The lowest BCUT2D eigenvalue weighted by atomic mass is 9.92. The summed E-state index contributed by atoms with van der Waals surface area (Å²) in [5.74, 6) is 0. The van der Waals surface area contributed by atoms with Crippen LogP contribution in [0.15, 0.2) is 81.7 Å². The molecule has 0 aliphatic rings. The maximum atomic E-state index is 6.60. The molecule has 4 rings (SSSR count). The molecular weight excluding hydrogens is 452 g/mol. The van der Waals surface area contributed by atoms with Crippen molar-refractivity contribution < 1.29 is 0 Å². The molecule has 0 radical (unpaired) electrons. The summed E-state index contributed by atoms with van der Waals surface area (Å²) in [6.45, 7) is 0. The Balaban J connectivity index is 1.78. The molecule has 0 saturated carbocycles. The second-order valence-corrected chi connectivity index (χ2v) is 8.02. The second-order valence-electron chi connectivity index (χ2n) is 6.43. The Bertz CT molecular complexity index is 1020. The molecule has 0 bridgehead atoms. The molecule has 2 nitrogen and oxygen atoms in total. The van der Waals surface area contributed by atoms with Crippen LogP contribution in [-0.4, -0.2) is 0 Å². The molecule has 0 spiro atoms. The molecule has 2 unspecified atom stereocenters. The Morgan fingerprint density at radius 2 is 0.923 bits per heavy atom. The number of hydrogen-bond acceptors (Lipinski definition) is 2. The molecule has 0 amide bonds. The normalized spacial score (nSPS) is 13.8. The summed E-state index contributed by atoms with van der Waals surface area (Å²) in [5, 5.41) is 4.64. The van der Waals surface area contributed by atoms with E-state index in [9.17, 15) is 0 Å². The van der Waals surface area contributed by atoms with Crippen LogP contribution in [0.2, 0.25) is 0 Å². The molecule has 0 saturated heterocycles. The molecule has 130 valence electrons. The van der Waals surface area contributed by atoms with Gasteiger partial charge in [-0.05, 0) is 64.5 Å². The van der Waals surface area contributed by atoms with E-state index in [0.717, 1.165) is 30.8 Å². The van der Waals surface area contributed by atoms with Gasteiger partial charge in [-0.1, -0.05) is 72.8 Å². The first-order valence-electron chi connectivity index (χ1n) is 8.43. The fourth-order valence-electron chi connectivity index (χ4n) is 3.40. The lowest BCUT2D eigenvalue weighted by molar-refractivity contribution is 0.572. The Labute approximate surface area is 169 Å². The van der Waals surface area contributed by atoms with E-state index in [-0.39, 0.29) is 12.1 Å². The summed E-state index contributed by atoms with van der Waals surface area (Å²) in [5.41, 5.74) is 15.2. The quantitative estimate of drug-likeness (QED) is 0.374. The molecule has 26 heavy (non-hydrogen) atoms. The predicted molar refractivity (Wildman–Crippen MR) is 117 cm³/mol. The van der Waals surface area contributed by atoms with Crippen molar-refractivity contribution in [2.75, 3.05) is 0 Å². The van der Waals surface area contributed by atoms with Crippen molar-refractivity contribution in [3.63, 3.8) is 0 Å². The highest BCUT2D eigenvalue weighted by molar-refractivity contribution is 9.11. The fourth-order valence-corrected chi connectivity index (χ4v) is 4.92. The minimum atomic E-state index is -0.327. The van der Waals surface area contributed by atoms with Gasteiger partial charge in [0.25, 0.3) is 0 Å². The van der Waals surface area contributed by atoms with Gasteiger partial charge in [0.05, 0.1) is 12.1 Å². The van der Waals surface area contributed by atoms with Crippen molar-refractivity contribution in [2.24, 2.45) is 11.5 Å². The number of benzene rings is 4.